The molecule has 0 spiro atoms. The van der Waals surface area contributed by atoms with E-state index in [4.69, 9.17) is 19.2 Å². The standard InChI is InChI=1S/C23H22N2O3/c1-25(15-13-20(26-2)23(28-4)21(14-15)27-3)22-16-9-5-7-11-18(16)24-19-12-8-6-10-17(19)22/h5-14H,1-4H3. The summed E-state index contributed by atoms with van der Waals surface area (Å²) in [4.78, 5) is 6.95. The Morgan fingerprint density at radius 2 is 1.21 bits per heavy atom. The molecular weight excluding hydrogens is 352 g/mol. The van der Waals surface area contributed by atoms with Crippen LogP contribution in [0.15, 0.2) is 60.7 Å². The van der Waals surface area contributed by atoms with E-state index in [2.05, 4.69) is 17.0 Å². The van der Waals surface area contributed by atoms with E-state index in [1.165, 1.54) is 0 Å². The lowest BCUT2D eigenvalue weighted by atomic mass is 10.1. The largest absolute Gasteiger partial charge is 0.493 e. The topological polar surface area (TPSA) is 43.8 Å². The predicted molar refractivity (Wildman–Crippen MR) is 113 cm³/mol. The maximum Gasteiger partial charge on any atom is 0.203 e. The molecule has 0 atom stereocenters. The molecule has 142 valence electrons. The van der Waals surface area contributed by atoms with Crippen LogP contribution in [0, 0.1) is 0 Å². The van der Waals surface area contributed by atoms with Gasteiger partial charge in [0.2, 0.25) is 5.75 Å². The lowest BCUT2D eigenvalue weighted by Crippen LogP contribution is -2.12. The Hall–Kier alpha value is -3.47. The third kappa shape index (κ3) is 2.85. The van der Waals surface area contributed by atoms with Crippen molar-refractivity contribution in [3.05, 3.63) is 60.7 Å². The van der Waals surface area contributed by atoms with Gasteiger partial charge in [-0.1, -0.05) is 36.4 Å². The maximum absolute atomic E-state index is 5.54. The number of hydrogen-bond donors (Lipinski definition) is 0. The number of methoxy groups -OCH3 is 3. The van der Waals surface area contributed by atoms with Gasteiger partial charge in [0.15, 0.2) is 11.5 Å². The second-order valence-electron chi connectivity index (χ2n) is 6.44. The van der Waals surface area contributed by atoms with E-state index >= 15 is 0 Å². The molecule has 1 aromatic heterocycles. The third-order valence-corrected chi connectivity index (χ3v) is 4.93. The summed E-state index contributed by atoms with van der Waals surface area (Å²) in [5.41, 5.74) is 3.91. The molecule has 0 aliphatic rings. The fraction of sp³-hybridized carbons (Fsp3) is 0.174. The van der Waals surface area contributed by atoms with Crippen molar-refractivity contribution in [3.8, 4) is 17.2 Å². The van der Waals surface area contributed by atoms with E-state index in [1.54, 1.807) is 21.3 Å². The summed E-state index contributed by atoms with van der Waals surface area (Å²) in [6.45, 7) is 0. The fourth-order valence-corrected chi connectivity index (χ4v) is 3.57. The van der Waals surface area contributed by atoms with Gasteiger partial charge in [0.25, 0.3) is 0 Å². The molecule has 0 amide bonds. The van der Waals surface area contributed by atoms with Gasteiger partial charge in [0, 0.05) is 35.6 Å². The van der Waals surface area contributed by atoms with Gasteiger partial charge in [-0.2, -0.15) is 0 Å². The van der Waals surface area contributed by atoms with Gasteiger partial charge in [0.1, 0.15) is 0 Å². The van der Waals surface area contributed by atoms with E-state index < -0.39 is 0 Å². The number of ether oxygens (including phenoxy) is 3. The van der Waals surface area contributed by atoms with E-state index in [0.29, 0.717) is 17.2 Å². The number of nitrogens with zero attached hydrogens (tertiary/aromatic N) is 2. The van der Waals surface area contributed by atoms with E-state index in [1.807, 2.05) is 55.6 Å². The van der Waals surface area contributed by atoms with Crippen LogP contribution in [0.3, 0.4) is 0 Å². The van der Waals surface area contributed by atoms with Gasteiger partial charge in [-0.25, -0.2) is 4.98 Å². The predicted octanol–water partition coefficient (Wildman–Crippen LogP) is 5.18. The second kappa shape index (κ2) is 7.27. The quantitative estimate of drug-likeness (QED) is 0.450. The molecule has 4 rings (SSSR count). The monoisotopic (exact) mass is 374 g/mol. The van der Waals surface area contributed by atoms with Crippen molar-refractivity contribution in [3.63, 3.8) is 0 Å². The molecule has 0 bridgehead atoms. The van der Waals surface area contributed by atoms with Crippen LogP contribution in [0.1, 0.15) is 0 Å². The fourth-order valence-electron chi connectivity index (χ4n) is 3.57. The minimum atomic E-state index is 0.576. The van der Waals surface area contributed by atoms with Crippen LogP contribution in [0.25, 0.3) is 21.8 Å². The molecule has 0 aliphatic carbocycles. The number of hydrogen-bond acceptors (Lipinski definition) is 5. The summed E-state index contributed by atoms with van der Waals surface area (Å²) < 4.78 is 16.5. The first-order chi connectivity index (χ1) is 13.7. The average molecular weight is 374 g/mol. The number of pyridine rings is 1. The lowest BCUT2D eigenvalue weighted by Gasteiger charge is -2.25. The zero-order valence-electron chi connectivity index (χ0n) is 16.4. The van der Waals surface area contributed by atoms with E-state index in [-0.39, 0.29) is 0 Å². The molecule has 5 heteroatoms. The normalized spacial score (nSPS) is 10.9. The molecule has 0 aliphatic heterocycles. The van der Waals surface area contributed by atoms with Crippen LogP contribution in [-0.2, 0) is 0 Å². The Labute approximate surface area is 164 Å². The van der Waals surface area contributed by atoms with Gasteiger partial charge in [-0.3, -0.25) is 0 Å². The molecule has 0 fully saturated rings. The molecule has 4 aromatic rings. The van der Waals surface area contributed by atoms with Crippen LogP contribution in [0.4, 0.5) is 11.4 Å². The summed E-state index contributed by atoms with van der Waals surface area (Å²) in [6.07, 6.45) is 0. The van der Waals surface area contributed by atoms with Gasteiger partial charge in [0.05, 0.1) is 38.1 Å². The number of anilines is 2. The van der Waals surface area contributed by atoms with Crippen molar-refractivity contribution in [1.82, 2.24) is 4.98 Å². The summed E-state index contributed by atoms with van der Waals surface area (Å²) >= 11 is 0. The molecule has 3 aromatic carbocycles. The van der Waals surface area contributed by atoms with Crippen molar-refractivity contribution < 1.29 is 14.2 Å². The summed E-state index contributed by atoms with van der Waals surface area (Å²) in [7, 11) is 6.89. The first-order valence-electron chi connectivity index (χ1n) is 8.99. The van der Waals surface area contributed by atoms with Crippen LogP contribution in [0.5, 0.6) is 17.2 Å². The first-order valence-corrected chi connectivity index (χ1v) is 8.99. The van der Waals surface area contributed by atoms with Crippen LogP contribution in [-0.4, -0.2) is 33.4 Å². The van der Waals surface area contributed by atoms with E-state index in [9.17, 15) is 0 Å². The summed E-state index contributed by atoms with van der Waals surface area (Å²) in [6, 6.07) is 20.2. The highest BCUT2D eigenvalue weighted by Gasteiger charge is 2.19. The molecule has 0 radical (unpaired) electrons. The Morgan fingerprint density at radius 3 is 1.68 bits per heavy atom. The summed E-state index contributed by atoms with van der Waals surface area (Å²) in [5, 5.41) is 2.16. The molecule has 1 heterocycles. The van der Waals surface area contributed by atoms with Gasteiger partial charge in [-0.15, -0.1) is 0 Å². The maximum atomic E-state index is 5.54. The number of fused-ring (bicyclic) bond motifs is 2. The minimum absolute atomic E-state index is 0.576. The average Bonchev–Trinajstić information content (AvgIpc) is 2.75. The highest BCUT2D eigenvalue weighted by atomic mass is 16.5. The van der Waals surface area contributed by atoms with Crippen molar-refractivity contribution >= 4 is 33.2 Å². The van der Waals surface area contributed by atoms with Gasteiger partial charge < -0.3 is 19.1 Å². The zero-order chi connectivity index (χ0) is 19.7. The highest BCUT2D eigenvalue weighted by Crippen LogP contribution is 2.44. The summed E-state index contributed by atoms with van der Waals surface area (Å²) in [5.74, 6) is 1.81. The van der Waals surface area contributed by atoms with Crippen molar-refractivity contribution in [2.45, 2.75) is 0 Å². The SMILES string of the molecule is COc1cc(N(C)c2c3ccccc3nc3ccccc23)cc(OC)c1OC. The van der Waals surface area contributed by atoms with E-state index in [0.717, 1.165) is 33.2 Å². The Kier molecular flexibility index (Phi) is 4.65. The second-order valence-corrected chi connectivity index (χ2v) is 6.44. The van der Waals surface area contributed by atoms with Crippen LogP contribution < -0.4 is 19.1 Å². The number of para-hydroxylation sites is 2. The lowest BCUT2D eigenvalue weighted by molar-refractivity contribution is 0.324. The number of benzene rings is 3. The molecule has 5 nitrogen and oxygen atoms in total. The first kappa shape index (κ1) is 17.9. The Morgan fingerprint density at radius 1 is 0.714 bits per heavy atom. The molecule has 0 N–H and O–H groups in total. The van der Waals surface area contributed by atoms with Crippen molar-refractivity contribution in [2.24, 2.45) is 0 Å². The van der Waals surface area contributed by atoms with Crippen molar-refractivity contribution in [2.75, 3.05) is 33.3 Å². The van der Waals surface area contributed by atoms with Crippen LogP contribution >= 0.6 is 0 Å². The molecular formula is C23H22N2O3. The number of rotatable bonds is 5. The third-order valence-electron chi connectivity index (χ3n) is 4.93. The number of aromatic nitrogens is 1. The van der Waals surface area contributed by atoms with Gasteiger partial charge in [-0.05, 0) is 12.1 Å². The Balaban J connectivity index is 2.00. The zero-order valence-corrected chi connectivity index (χ0v) is 16.4. The minimum Gasteiger partial charge on any atom is -0.493 e. The van der Waals surface area contributed by atoms with Crippen molar-refractivity contribution in [1.29, 1.82) is 0 Å². The Bertz CT molecular complexity index is 1080. The molecule has 0 saturated carbocycles. The molecule has 0 saturated heterocycles. The highest BCUT2D eigenvalue weighted by molar-refractivity contribution is 6.09. The van der Waals surface area contributed by atoms with Gasteiger partial charge >= 0.3 is 0 Å². The molecule has 28 heavy (non-hydrogen) atoms. The molecule has 0 unspecified atom stereocenters. The smallest absolute Gasteiger partial charge is 0.203 e. The van der Waals surface area contributed by atoms with Crippen LogP contribution in [0.2, 0.25) is 0 Å².